The van der Waals surface area contributed by atoms with Gasteiger partial charge < -0.3 is 32.8 Å². The number of amides is 1. The molecule has 0 radical (unpaired) electrons. The van der Waals surface area contributed by atoms with Crippen molar-refractivity contribution in [3.05, 3.63) is 51.1 Å². The van der Waals surface area contributed by atoms with Crippen LogP contribution < -0.4 is 18.9 Å². The molecule has 1 amide bonds. The molecule has 1 aliphatic heterocycles. The Kier molecular flexibility index (Phi) is 12.5. The quantitative estimate of drug-likeness (QED) is 0.0835. The van der Waals surface area contributed by atoms with Crippen molar-refractivity contribution < 1.29 is 42.6 Å². The molecule has 12 nitrogen and oxygen atoms in total. The van der Waals surface area contributed by atoms with Gasteiger partial charge in [-0.05, 0) is 42.2 Å². The van der Waals surface area contributed by atoms with Crippen molar-refractivity contribution in [1.29, 1.82) is 0 Å². The van der Waals surface area contributed by atoms with Crippen LogP contribution in [-0.2, 0) is 26.9 Å². The zero-order valence-electron chi connectivity index (χ0n) is 28.1. The third-order valence-electron chi connectivity index (χ3n) is 8.96. The number of nitro groups is 1. The molecule has 1 saturated heterocycles. The van der Waals surface area contributed by atoms with Crippen molar-refractivity contribution in [3.8, 4) is 23.0 Å². The van der Waals surface area contributed by atoms with Gasteiger partial charge in [-0.2, -0.15) is 0 Å². The van der Waals surface area contributed by atoms with E-state index >= 15 is 0 Å². The Morgan fingerprint density at radius 1 is 0.956 bits per heavy atom. The summed E-state index contributed by atoms with van der Waals surface area (Å²) >= 11 is 0. The molecular weight excluding hydrogens is 600 g/mol. The molecule has 45 heavy (non-hydrogen) atoms. The molecule has 1 aliphatic rings. The fourth-order valence-electron chi connectivity index (χ4n) is 6.32. The molecule has 0 bridgehead atoms. The first-order valence-corrected chi connectivity index (χ1v) is 17.6. The van der Waals surface area contributed by atoms with Crippen LogP contribution in [0.1, 0.15) is 44.4 Å². The summed E-state index contributed by atoms with van der Waals surface area (Å²) in [6.07, 6.45) is -1.07. The van der Waals surface area contributed by atoms with E-state index in [4.69, 9.17) is 32.8 Å². The minimum absolute atomic E-state index is 0.0705. The topological polar surface area (TPSA) is 128 Å². The Bertz CT molecular complexity index is 1320. The Labute approximate surface area is 267 Å². The molecule has 1 fully saturated rings. The number of carbonyl (C=O) groups excluding carboxylic acids is 1. The first-order valence-electron chi connectivity index (χ1n) is 15.2. The highest BCUT2D eigenvalue weighted by molar-refractivity contribution is 6.75. The average Bonchev–Trinajstić information content (AvgIpc) is 3.76. The Balaban J connectivity index is 2.09. The van der Waals surface area contributed by atoms with E-state index in [9.17, 15) is 14.9 Å². The lowest BCUT2D eigenvalue weighted by Gasteiger charge is -2.37. The van der Waals surface area contributed by atoms with Gasteiger partial charge in [0, 0.05) is 12.0 Å². The molecule has 250 valence electrons. The summed E-state index contributed by atoms with van der Waals surface area (Å²) in [5.74, 6) is 1.41. The van der Waals surface area contributed by atoms with E-state index < -0.39 is 31.5 Å². The van der Waals surface area contributed by atoms with Crippen molar-refractivity contribution >= 4 is 20.1 Å². The summed E-state index contributed by atoms with van der Waals surface area (Å²) in [7, 11) is 4.87. The van der Waals surface area contributed by atoms with Crippen LogP contribution in [0.2, 0.25) is 17.6 Å². The maximum atomic E-state index is 13.1. The fraction of sp³-hybridized carbons (Fsp3) is 0.594. The van der Waals surface area contributed by atoms with Gasteiger partial charge >= 0.3 is 11.8 Å². The summed E-state index contributed by atoms with van der Waals surface area (Å²) in [6, 6.07) is 8.40. The maximum Gasteiger partial charge on any atom is 0.410 e. The van der Waals surface area contributed by atoms with Crippen LogP contribution in [-0.4, -0.2) is 84.6 Å². The third-order valence-corrected chi connectivity index (χ3v) is 14.2. The van der Waals surface area contributed by atoms with Gasteiger partial charge in [-0.1, -0.05) is 39.8 Å². The van der Waals surface area contributed by atoms with Crippen LogP contribution in [0.3, 0.4) is 0 Å². The largest absolute Gasteiger partial charge is 0.497 e. The van der Waals surface area contributed by atoms with Gasteiger partial charge in [0.05, 0.1) is 77.4 Å². The van der Waals surface area contributed by atoms with Gasteiger partial charge in [-0.3, -0.25) is 15.0 Å². The molecule has 1 heterocycles. The standard InChI is InChI=1S/C32H48N2O10Si/c1-11-45(12-2,20(3)4)44-26(17-24-27(34(36)37)29(39-7)21(5)30(40-8)31(24)41-9)28-25(33(28)32(35)42-10)19-43-18-22-13-15-23(38-6)16-14-22/h13-16,20,25-26,28H,11-12,17-19H2,1-10H3/t25-,26?,28-,33?/m0/s1. The van der Waals surface area contributed by atoms with E-state index in [1.165, 1.54) is 28.4 Å². The molecule has 0 saturated carbocycles. The van der Waals surface area contributed by atoms with Crippen LogP contribution in [0.4, 0.5) is 10.5 Å². The molecule has 0 aromatic heterocycles. The van der Waals surface area contributed by atoms with E-state index in [-0.39, 0.29) is 47.4 Å². The van der Waals surface area contributed by atoms with E-state index in [2.05, 4.69) is 27.7 Å². The molecule has 0 aliphatic carbocycles. The number of benzene rings is 2. The minimum Gasteiger partial charge on any atom is -0.497 e. The molecule has 13 heteroatoms. The number of nitro benzene ring substituents is 1. The molecule has 3 atom stereocenters. The van der Waals surface area contributed by atoms with Crippen LogP contribution in [0.5, 0.6) is 23.0 Å². The summed E-state index contributed by atoms with van der Waals surface area (Å²) in [5, 5.41) is 12.6. The summed E-state index contributed by atoms with van der Waals surface area (Å²) in [5.41, 5.74) is 1.71. The lowest BCUT2D eigenvalue weighted by molar-refractivity contribution is -0.386. The Morgan fingerprint density at radius 3 is 2.02 bits per heavy atom. The normalized spacial score (nSPS) is 16.7. The Morgan fingerprint density at radius 2 is 1.56 bits per heavy atom. The highest BCUT2D eigenvalue weighted by atomic mass is 28.4. The summed E-state index contributed by atoms with van der Waals surface area (Å²) in [4.78, 5) is 26.8. The van der Waals surface area contributed by atoms with Crippen molar-refractivity contribution in [2.45, 2.75) is 83.5 Å². The number of hydrogen-bond acceptors (Lipinski definition) is 10. The Hall–Kier alpha value is -3.55. The number of carbonyl (C=O) groups is 1. The smallest absolute Gasteiger partial charge is 0.410 e. The van der Waals surface area contributed by atoms with Gasteiger partial charge in [-0.25, -0.2) is 4.79 Å². The zero-order valence-corrected chi connectivity index (χ0v) is 29.1. The average molecular weight is 649 g/mol. The molecule has 0 N–H and O–H groups in total. The SMILES string of the molecule is CC[Si](CC)(OC(Cc1c(OC)c(OC)c(C)c(OC)c1[N+](=O)[O-])[C@@H]1[C@H](COCc2ccc(OC)cc2)N1C(=O)OC)C(C)C. The van der Waals surface area contributed by atoms with E-state index in [0.29, 0.717) is 17.9 Å². The molecule has 1 unspecified atom stereocenters. The number of methoxy groups -OCH3 is 5. The lowest BCUT2D eigenvalue weighted by Crippen LogP contribution is -2.46. The van der Waals surface area contributed by atoms with Crippen molar-refractivity contribution in [1.82, 2.24) is 4.90 Å². The molecule has 0 spiro atoms. The van der Waals surface area contributed by atoms with E-state index in [1.807, 2.05) is 24.3 Å². The predicted octanol–water partition coefficient (Wildman–Crippen LogP) is 6.30. The zero-order chi connectivity index (χ0) is 33.5. The van der Waals surface area contributed by atoms with Gasteiger partial charge in [0.2, 0.25) is 5.75 Å². The van der Waals surface area contributed by atoms with Crippen molar-refractivity contribution in [2.24, 2.45) is 0 Å². The van der Waals surface area contributed by atoms with E-state index in [0.717, 1.165) is 23.4 Å². The first-order chi connectivity index (χ1) is 21.5. The third kappa shape index (κ3) is 7.47. The fourth-order valence-corrected chi connectivity index (χ4v) is 9.88. The molecule has 3 rings (SSSR count). The van der Waals surface area contributed by atoms with Gasteiger partial charge in [0.25, 0.3) is 0 Å². The van der Waals surface area contributed by atoms with Crippen LogP contribution in [0.15, 0.2) is 24.3 Å². The lowest BCUT2D eigenvalue weighted by atomic mass is 9.97. The summed E-state index contributed by atoms with van der Waals surface area (Å²) < 4.78 is 40.6. The van der Waals surface area contributed by atoms with Gasteiger partial charge in [0.15, 0.2) is 19.8 Å². The first kappa shape index (κ1) is 35.9. The van der Waals surface area contributed by atoms with Crippen LogP contribution in [0, 0.1) is 17.0 Å². The number of ether oxygens (including phenoxy) is 6. The van der Waals surface area contributed by atoms with E-state index in [1.54, 1.807) is 18.9 Å². The number of nitrogens with zero attached hydrogens (tertiary/aromatic N) is 2. The second kappa shape index (κ2) is 15.6. The highest BCUT2D eigenvalue weighted by Gasteiger charge is 2.58. The maximum absolute atomic E-state index is 13.1. The monoisotopic (exact) mass is 648 g/mol. The minimum atomic E-state index is -2.39. The van der Waals surface area contributed by atoms with Gasteiger partial charge in [0.1, 0.15) is 5.75 Å². The van der Waals surface area contributed by atoms with Crippen molar-refractivity contribution in [2.75, 3.05) is 42.2 Å². The van der Waals surface area contributed by atoms with Gasteiger partial charge in [-0.15, -0.1) is 0 Å². The molecule has 2 aromatic rings. The molecule has 2 aromatic carbocycles. The summed E-state index contributed by atoms with van der Waals surface area (Å²) in [6.45, 7) is 10.8. The van der Waals surface area contributed by atoms with Crippen molar-refractivity contribution in [3.63, 3.8) is 0 Å². The predicted molar refractivity (Wildman–Crippen MR) is 172 cm³/mol. The number of hydrogen-bond donors (Lipinski definition) is 0. The second-order valence-electron chi connectivity index (χ2n) is 11.4. The van der Waals surface area contributed by atoms with Crippen LogP contribution >= 0.6 is 0 Å². The molecular formula is C32H48N2O10Si. The number of rotatable bonds is 17. The highest BCUT2D eigenvalue weighted by Crippen LogP contribution is 2.50. The second-order valence-corrected chi connectivity index (χ2v) is 16.3. The van der Waals surface area contributed by atoms with Crippen LogP contribution in [0.25, 0.3) is 0 Å².